The number of carbonyl (C=O) groups excluding carboxylic acids is 3. The Morgan fingerprint density at radius 1 is 0.825 bits per heavy atom. The molecule has 1 spiro atoms. The lowest BCUT2D eigenvalue weighted by atomic mass is 9.64. The molecule has 0 bridgehead atoms. The van der Waals surface area contributed by atoms with E-state index in [2.05, 4.69) is 0 Å². The van der Waals surface area contributed by atoms with Crippen molar-refractivity contribution >= 4 is 52.3 Å². The summed E-state index contributed by atoms with van der Waals surface area (Å²) >= 11 is 13.2. The van der Waals surface area contributed by atoms with Gasteiger partial charge in [-0.05, 0) is 36.2 Å². The molecule has 40 heavy (non-hydrogen) atoms. The maximum absolute atomic E-state index is 14.7. The molecule has 7 rings (SSSR count). The van der Waals surface area contributed by atoms with Gasteiger partial charge in [-0.1, -0.05) is 114 Å². The third kappa shape index (κ3) is 3.30. The molecule has 0 aromatic heterocycles. The molecule has 2 aliphatic heterocycles. The number of para-hydroxylation sites is 1. The van der Waals surface area contributed by atoms with Crippen LogP contribution in [0.3, 0.4) is 0 Å². The van der Waals surface area contributed by atoms with Crippen LogP contribution >= 0.6 is 23.2 Å². The highest BCUT2D eigenvalue weighted by atomic mass is 35.5. The topological polar surface area (TPSA) is 54.5 Å². The van der Waals surface area contributed by atoms with Gasteiger partial charge in [0.2, 0.25) is 0 Å². The molecule has 1 aliphatic carbocycles. The third-order valence-corrected chi connectivity index (χ3v) is 9.18. The molecule has 0 radical (unpaired) electrons. The van der Waals surface area contributed by atoms with Crippen LogP contribution in [-0.2, 0) is 0 Å². The Hall–Kier alpha value is -3.99. The van der Waals surface area contributed by atoms with E-state index in [4.69, 9.17) is 23.2 Å². The summed E-state index contributed by atoms with van der Waals surface area (Å²) in [4.78, 5) is 45.9. The molecule has 6 heteroatoms. The van der Waals surface area contributed by atoms with E-state index in [0.717, 1.165) is 16.8 Å². The van der Waals surface area contributed by atoms with Gasteiger partial charge >= 0.3 is 0 Å². The van der Waals surface area contributed by atoms with Gasteiger partial charge in [0.1, 0.15) is 11.5 Å². The summed E-state index contributed by atoms with van der Waals surface area (Å²) in [5.74, 6) is -1.64. The summed E-state index contributed by atoms with van der Waals surface area (Å²) in [7, 11) is 0. The summed E-state index contributed by atoms with van der Waals surface area (Å²) in [6.07, 6.45) is 3.85. The fourth-order valence-electron chi connectivity index (χ4n) is 6.90. The quantitative estimate of drug-likeness (QED) is 0.190. The van der Waals surface area contributed by atoms with E-state index in [0.29, 0.717) is 32.3 Å². The number of hydrogen-bond donors (Lipinski definition) is 0. The first kappa shape index (κ1) is 25.0. The Bertz CT molecular complexity index is 1740. The average molecular weight is 564 g/mol. The minimum Gasteiger partial charge on any atom is -0.352 e. The van der Waals surface area contributed by atoms with Crippen molar-refractivity contribution in [3.8, 4) is 0 Å². The van der Waals surface area contributed by atoms with E-state index in [9.17, 15) is 14.4 Å². The molecule has 0 unspecified atom stereocenters. The Labute approximate surface area is 241 Å². The second-order valence-electron chi connectivity index (χ2n) is 10.7. The highest BCUT2D eigenvalue weighted by Gasteiger charge is 2.71. The monoisotopic (exact) mass is 563 g/mol. The average Bonchev–Trinajstić information content (AvgIpc) is 3.39. The van der Waals surface area contributed by atoms with Crippen LogP contribution in [0.25, 0.3) is 6.08 Å². The Morgan fingerprint density at radius 3 is 2.15 bits per heavy atom. The zero-order valence-electron chi connectivity index (χ0n) is 21.5. The van der Waals surface area contributed by atoms with Gasteiger partial charge in [-0.2, -0.15) is 0 Å². The lowest BCUT2D eigenvalue weighted by molar-refractivity contribution is 0.0666. The lowest BCUT2D eigenvalue weighted by Gasteiger charge is -2.37. The van der Waals surface area contributed by atoms with Crippen LogP contribution in [0.1, 0.15) is 53.7 Å². The Kier molecular flexibility index (Phi) is 5.64. The van der Waals surface area contributed by atoms with E-state index >= 15 is 0 Å². The van der Waals surface area contributed by atoms with Crippen molar-refractivity contribution in [3.05, 3.63) is 140 Å². The maximum atomic E-state index is 14.7. The van der Waals surface area contributed by atoms with Gasteiger partial charge in [-0.15, -0.1) is 0 Å². The summed E-state index contributed by atoms with van der Waals surface area (Å²) in [6.45, 7) is 1.96. The van der Waals surface area contributed by atoms with Gasteiger partial charge in [0.15, 0.2) is 17.3 Å². The molecule has 2 heterocycles. The second kappa shape index (κ2) is 9.02. The van der Waals surface area contributed by atoms with Crippen LogP contribution in [0.4, 0.5) is 5.69 Å². The molecule has 4 aromatic rings. The van der Waals surface area contributed by atoms with Crippen LogP contribution in [0.2, 0.25) is 10.0 Å². The first-order chi connectivity index (χ1) is 19.3. The number of rotatable bonds is 3. The minimum absolute atomic E-state index is 0.181. The van der Waals surface area contributed by atoms with Gasteiger partial charge in [0, 0.05) is 38.3 Å². The Morgan fingerprint density at radius 2 is 1.48 bits per heavy atom. The number of carbonyl (C=O) groups is 3. The SMILES string of the molecule is Cc1ccc(C(=O)[C@@H]2[C@@H](c3ccc(Cl)cc3Cl)C3(C(=O)c4ccccc4C3=O)[C@H]3C=Cc4ccccc4N23)cc1. The normalized spacial score (nSPS) is 21.9. The number of benzene rings is 4. The number of fused-ring (bicyclic) bond motifs is 5. The number of aryl methyl sites for hydroxylation is 1. The molecule has 196 valence electrons. The molecular weight excluding hydrogens is 541 g/mol. The standard InChI is InChI=1S/C34H23Cl2NO3/c1-19-10-12-21(13-11-19)31(38)30-29(25-16-15-22(35)18-26(25)36)34(32(39)23-7-3-4-8-24(23)33(34)40)28-17-14-20-6-2-5-9-27(20)37(28)30/h2-18,28-30H,1H3/t28-,29-,30+/m1/s1. The van der Waals surface area contributed by atoms with Gasteiger partial charge in [-0.3, -0.25) is 14.4 Å². The van der Waals surface area contributed by atoms with Crippen molar-refractivity contribution in [1.82, 2.24) is 0 Å². The van der Waals surface area contributed by atoms with Gasteiger partial charge in [-0.25, -0.2) is 0 Å². The smallest absolute Gasteiger partial charge is 0.185 e. The first-order valence-electron chi connectivity index (χ1n) is 13.1. The number of Topliss-reactive ketones (excluding diaryl/α,β-unsaturated/α-hetero) is 3. The molecule has 3 aliphatic rings. The minimum atomic E-state index is -1.60. The van der Waals surface area contributed by atoms with Crippen LogP contribution in [-0.4, -0.2) is 29.4 Å². The maximum Gasteiger partial charge on any atom is 0.185 e. The molecule has 4 nitrogen and oxygen atoms in total. The summed E-state index contributed by atoms with van der Waals surface area (Å²) in [5.41, 5.74) is 2.93. The van der Waals surface area contributed by atoms with Crippen molar-refractivity contribution < 1.29 is 14.4 Å². The number of ketones is 3. The van der Waals surface area contributed by atoms with Crippen LogP contribution in [0, 0.1) is 12.3 Å². The fourth-order valence-corrected chi connectivity index (χ4v) is 7.43. The number of anilines is 1. The molecule has 4 aromatic carbocycles. The zero-order chi connectivity index (χ0) is 27.8. The predicted octanol–water partition coefficient (Wildman–Crippen LogP) is 7.62. The van der Waals surface area contributed by atoms with E-state index in [1.54, 1.807) is 54.6 Å². The molecule has 0 saturated carbocycles. The molecule has 0 amide bonds. The van der Waals surface area contributed by atoms with E-state index in [1.165, 1.54) is 0 Å². The number of hydrogen-bond acceptors (Lipinski definition) is 4. The molecule has 3 atom stereocenters. The van der Waals surface area contributed by atoms with Crippen molar-refractivity contribution in [1.29, 1.82) is 0 Å². The van der Waals surface area contributed by atoms with E-state index in [-0.39, 0.29) is 17.3 Å². The van der Waals surface area contributed by atoms with Crippen molar-refractivity contribution in [3.63, 3.8) is 0 Å². The molecule has 0 N–H and O–H groups in total. The molecule has 1 saturated heterocycles. The Balaban J connectivity index is 1.56. The van der Waals surface area contributed by atoms with Crippen molar-refractivity contribution in [2.45, 2.75) is 24.9 Å². The summed E-state index contributed by atoms with van der Waals surface area (Å²) < 4.78 is 0. The first-order valence-corrected chi connectivity index (χ1v) is 13.9. The number of nitrogens with zero attached hydrogens (tertiary/aromatic N) is 1. The van der Waals surface area contributed by atoms with E-state index in [1.807, 2.05) is 60.4 Å². The van der Waals surface area contributed by atoms with Crippen LogP contribution < -0.4 is 4.90 Å². The third-order valence-electron chi connectivity index (χ3n) is 8.62. The van der Waals surface area contributed by atoms with Gasteiger partial charge < -0.3 is 4.90 Å². The zero-order valence-corrected chi connectivity index (χ0v) is 23.0. The predicted molar refractivity (Wildman–Crippen MR) is 158 cm³/mol. The highest BCUT2D eigenvalue weighted by molar-refractivity contribution is 6.36. The second-order valence-corrected chi connectivity index (χ2v) is 11.5. The van der Waals surface area contributed by atoms with E-state index < -0.39 is 23.4 Å². The number of halogens is 2. The fraction of sp³-hybridized carbons (Fsp3) is 0.147. The highest BCUT2D eigenvalue weighted by Crippen LogP contribution is 2.61. The summed E-state index contributed by atoms with van der Waals surface area (Å²) in [6, 6.07) is 25.5. The van der Waals surface area contributed by atoms with Crippen molar-refractivity contribution in [2.24, 2.45) is 5.41 Å². The van der Waals surface area contributed by atoms with Crippen LogP contribution in [0.15, 0.2) is 97.1 Å². The lowest BCUT2D eigenvalue weighted by Crippen LogP contribution is -2.48. The largest absolute Gasteiger partial charge is 0.352 e. The molecule has 1 fully saturated rings. The van der Waals surface area contributed by atoms with Crippen molar-refractivity contribution in [2.75, 3.05) is 4.90 Å². The van der Waals surface area contributed by atoms with Gasteiger partial charge in [0.25, 0.3) is 0 Å². The van der Waals surface area contributed by atoms with Gasteiger partial charge in [0.05, 0.1) is 6.04 Å². The molecular formula is C34H23Cl2NO3. The van der Waals surface area contributed by atoms with Crippen LogP contribution in [0.5, 0.6) is 0 Å². The summed E-state index contributed by atoms with van der Waals surface area (Å²) in [5, 5.41) is 0.741.